The summed E-state index contributed by atoms with van der Waals surface area (Å²) in [6.45, 7) is 2.40. The summed E-state index contributed by atoms with van der Waals surface area (Å²) in [4.78, 5) is 12.1. The van der Waals surface area contributed by atoms with Crippen molar-refractivity contribution in [2.75, 3.05) is 6.61 Å². The van der Waals surface area contributed by atoms with Crippen molar-refractivity contribution < 1.29 is 9.53 Å². The lowest BCUT2D eigenvalue weighted by Crippen LogP contribution is -2.26. The normalized spacial score (nSPS) is 23.1. The summed E-state index contributed by atoms with van der Waals surface area (Å²) in [6.07, 6.45) is 5.65. The summed E-state index contributed by atoms with van der Waals surface area (Å²) in [7, 11) is 0. The van der Waals surface area contributed by atoms with Crippen LogP contribution in [0.1, 0.15) is 39.0 Å². The van der Waals surface area contributed by atoms with E-state index in [-0.39, 0.29) is 18.3 Å². The molecule has 0 bridgehead atoms. The lowest BCUT2D eigenvalue weighted by atomic mass is 9.79. The van der Waals surface area contributed by atoms with Crippen molar-refractivity contribution >= 4 is 17.4 Å². The van der Waals surface area contributed by atoms with E-state index in [1.54, 1.807) is 12.1 Å². The average molecular weight is 281 g/mol. The number of rotatable bonds is 5. The first kappa shape index (κ1) is 14.4. The summed E-state index contributed by atoms with van der Waals surface area (Å²) >= 11 is 5.88. The Morgan fingerprint density at radius 2 is 2.05 bits per heavy atom. The van der Waals surface area contributed by atoms with E-state index in [0.29, 0.717) is 10.8 Å². The van der Waals surface area contributed by atoms with Gasteiger partial charge in [0.1, 0.15) is 12.4 Å². The van der Waals surface area contributed by atoms with Gasteiger partial charge in [0.15, 0.2) is 5.78 Å². The van der Waals surface area contributed by atoms with Crippen LogP contribution in [0.15, 0.2) is 24.3 Å². The van der Waals surface area contributed by atoms with Gasteiger partial charge in [0.25, 0.3) is 0 Å². The van der Waals surface area contributed by atoms with Gasteiger partial charge in [-0.2, -0.15) is 0 Å². The van der Waals surface area contributed by atoms with Crippen LogP contribution in [-0.4, -0.2) is 12.4 Å². The summed E-state index contributed by atoms with van der Waals surface area (Å²) in [5.74, 6) is 1.91. The Morgan fingerprint density at radius 3 is 2.68 bits per heavy atom. The average Bonchev–Trinajstić information content (AvgIpc) is 2.45. The third kappa shape index (κ3) is 4.24. The first-order valence-electron chi connectivity index (χ1n) is 7.10. The number of carbonyl (C=O) groups excluding carboxylic acids is 1. The molecule has 1 aromatic carbocycles. The van der Waals surface area contributed by atoms with Crippen molar-refractivity contribution in [2.24, 2.45) is 11.8 Å². The molecule has 3 heteroatoms. The van der Waals surface area contributed by atoms with Crippen molar-refractivity contribution in [2.45, 2.75) is 39.0 Å². The molecule has 0 radical (unpaired) electrons. The Kier molecular flexibility index (Phi) is 5.26. The Hall–Kier alpha value is -1.02. The van der Waals surface area contributed by atoms with Crippen LogP contribution in [0.3, 0.4) is 0 Å². The zero-order chi connectivity index (χ0) is 13.7. The molecule has 0 unspecified atom stereocenters. The van der Waals surface area contributed by atoms with Crippen molar-refractivity contribution in [1.82, 2.24) is 0 Å². The molecule has 19 heavy (non-hydrogen) atoms. The van der Waals surface area contributed by atoms with Gasteiger partial charge in [-0.25, -0.2) is 0 Å². The molecule has 0 aromatic heterocycles. The zero-order valence-corrected chi connectivity index (χ0v) is 12.2. The second-order valence-corrected chi connectivity index (χ2v) is 5.77. The molecule has 2 nitrogen and oxygen atoms in total. The van der Waals surface area contributed by atoms with Crippen LogP contribution >= 0.6 is 11.6 Å². The highest BCUT2D eigenvalue weighted by molar-refractivity contribution is 6.30. The van der Waals surface area contributed by atoms with E-state index in [1.165, 1.54) is 19.3 Å². The second kappa shape index (κ2) is 6.95. The second-order valence-electron chi connectivity index (χ2n) is 5.34. The maximum absolute atomic E-state index is 12.1. The molecule has 1 fully saturated rings. The molecule has 0 heterocycles. The highest BCUT2D eigenvalue weighted by Crippen LogP contribution is 2.31. The first-order chi connectivity index (χ1) is 9.19. The molecule has 0 amide bonds. The van der Waals surface area contributed by atoms with Crippen molar-refractivity contribution in [3.8, 4) is 5.75 Å². The summed E-state index contributed by atoms with van der Waals surface area (Å²) in [6, 6.07) is 7.19. The molecule has 0 spiro atoms. The zero-order valence-electron chi connectivity index (χ0n) is 11.4. The van der Waals surface area contributed by atoms with Crippen LogP contribution < -0.4 is 4.74 Å². The lowest BCUT2D eigenvalue weighted by molar-refractivity contribution is -0.126. The largest absolute Gasteiger partial charge is 0.486 e. The maximum atomic E-state index is 12.1. The smallest absolute Gasteiger partial charge is 0.173 e. The van der Waals surface area contributed by atoms with Gasteiger partial charge in [-0.05, 0) is 49.8 Å². The van der Waals surface area contributed by atoms with E-state index >= 15 is 0 Å². The molecule has 0 N–H and O–H groups in total. The van der Waals surface area contributed by atoms with Gasteiger partial charge in [-0.1, -0.05) is 31.0 Å². The number of hydrogen-bond acceptors (Lipinski definition) is 2. The number of carbonyl (C=O) groups is 1. The molecule has 104 valence electrons. The Bertz CT molecular complexity index is 423. The Balaban J connectivity index is 1.79. The SMILES string of the molecule is CCC1CCC(C(=O)COc2cccc(Cl)c2)CC1. The third-order valence-corrected chi connectivity index (χ3v) is 4.29. The third-order valence-electron chi connectivity index (χ3n) is 4.06. The number of Topliss-reactive ketones (excluding diaryl/α,β-unsaturated/α-hetero) is 1. The van der Waals surface area contributed by atoms with Crippen LogP contribution in [0.25, 0.3) is 0 Å². The van der Waals surface area contributed by atoms with E-state index in [4.69, 9.17) is 16.3 Å². The van der Waals surface area contributed by atoms with Crippen molar-refractivity contribution in [3.05, 3.63) is 29.3 Å². The molecular formula is C16H21ClO2. The van der Waals surface area contributed by atoms with Gasteiger partial charge in [-0.15, -0.1) is 0 Å². The van der Waals surface area contributed by atoms with E-state index in [1.807, 2.05) is 12.1 Å². The molecule has 0 atom stereocenters. The summed E-state index contributed by atoms with van der Waals surface area (Å²) < 4.78 is 5.52. The van der Waals surface area contributed by atoms with Crippen LogP contribution in [-0.2, 0) is 4.79 Å². The maximum Gasteiger partial charge on any atom is 0.173 e. The molecule has 0 aliphatic heterocycles. The molecule has 1 aliphatic carbocycles. The van der Waals surface area contributed by atoms with Crippen LogP contribution in [0.5, 0.6) is 5.75 Å². The highest BCUT2D eigenvalue weighted by atomic mass is 35.5. The van der Waals surface area contributed by atoms with E-state index in [0.717, 1.165) is 18.8 Å². The number of halogens is 1. The molecular weight excluding hydrogens is 260 g/mol. The van der Waals surface area contributed by atoms with Gasteiger partial charge in [0.2, 0.25) is 0 Å². The fraction of sp³-hybridized carbons (Fsp3) is 0.562. The number of ketones is 1. The van der Waals surface area contributed by atoms with Gasteiger partial charge >= 0.3 is 0 Å². The Labute approximate surface area is 120 Å². The van der Waals surface area contributed by atoms with E-state index in [2.05, 4.69) is 6.92 Å². The lowest BCUT2D eigenvalue weighted by Gasteiger charge is -2.26. The molecule has 1 saturated carbocycles. The van der Waals surface area contributed by atoms with E-state index < -0.39 is 0 Å². The first-order valence-corrected chi connectivity index (χ1v) is 7.48. The minimum Gasteiger partial charge on any atom is -0.486 e. The highest BCUT2D eigenvalue weighted by Gasteiger charge is 2.25. The van der Waals surface area contributed by atoms with Gasteiger partial charge < -0.3 is 4.74 Å². The number of ether oxygens (including phenoxy) is 1. The van der Waals surface area contributed by atoms with Gasteiger partial charge in [-0.3, -0.25) is 4.79 Å². The molecule has 2 rings (SSSR count). The van der Waals surface area contributed by atoms with Crippen molar-refractivity contribution in [1.29, 1.82) is 0 Å². The van der Waals surface area contributed by atoms with Crippen LogP contribution in [0, 0.1) is 11.8 Å². The van der Waals surface area contributed by atoms with Gasteiger partial charge in [0.05, 0.1) is 0 Å². The molecule has 1 aromatic rings. The van der Waals surface area contributed by atoms with Crippen molar-refractivity contribution in [3.63, 3.8) is 0 Å². The molecule has 1 aliphatic rings. The fourth-order valence-corrected chi connectivity index (χ4v) is 2.90. The minimum absolute atomic E-state index is 0.168. The monoisotopic (exact) mass is 280 g/mol. The number of benzene rings is 1. The quantitative estimate of drug-likeness (QED) is 0.793. The summed E-state index contributed by atoms with van der Waals surface area (Å²) in [5, 5.41) is 0.633. The Morgan fingerprint density at radius 1 is 1.32 bits per heavy atom. The summed E-state index contributed by atoms with van der Waals surface area (Å²) in [5.41, 5.74) is 0. The molecule has 0 saturated heterocycles. The predicted molar refractivity (Wildman–Crippen MR) is 77.7 cm³/mol. The van der Waals surface area contributed by atoms with Crippen LogP contribution in [0.4, 0.5) is 0 Å². The fourth-order valence-electron chi connectivity index (χ4n) is 2.72. The van der Waals surface area contributed by atoms with Gasteiger partial charge in [0, 0.05) is 10.9 Å². The van der Waals surface area contributed by atoms with E-state index in [9.17, 15) is 4.79 Å². The minimum atomic E-state index is 0.168. The predicted octanol–water partition coefficient (Wildman–Crippen LogP) is 4.50. The standard InChI is InChI=1S/C16H21ClO2/c1-2-12-6-8-13(9-7-12)16(18)11-19-15-5-3-4-14(17)10-15/h3-5,10,12-13H,2,6-9,11H2,1H3. The van der Waals surface area contributed by atoms with Crippen LogP contribution in [0.2, 0.25) is 5.02 Å². The number of hydrogen-bond donors (Lipinski definition) is 0. The topological polar surface area (TPSA) is 26.3 Å².